The number of aryl methyl sites for hydroxylation is 3. The van der Waals surface area contributed by atoms with E-state index < -0.39 is 0 Å². The number of anilines is 1. The van der Waals surface area contributed by atoms with E-state index in [1.165, 1.54) is 0 Å². The molecule has 4 aromatic rings. The lowest BCUT2D eigenvalue weighted by Crippen LogP contribution is -2.13. The second-order valence-electron chi connectivity index (χ2n) is 6.26. The summed E-state index contributed by atoms with van der Waals surface area (Å²) >= 11 is 6.46. The van der Waals surface area contributed by atoms with Gasteiger partial charge >= 0.3 is 0 Å². The lowest BCUT2D eigenvalue weighted by atomic mass is 10.2. The number of carbonyl (C=O) groups excluding carboxylic acids is 1. The first-order valence-electron chi connectivity index (χ1n) is 8.37. The van der Waals surface area contributed by atoms with Gasteiger partial charge in [-0.15, -0.1) is 0 Å². The lowest BCUT2D eigenvalue weighted by molar-refractivity contribution is 0.102. The number of carbonyl (C=O) groups is 1. The number of nitrogens with zero attached hydrogens (tertiary/aromatic N) is 5. The molecule has 0 bridgehead atoms. The SMILES string of the molecule is Cc1nn(-c2ccccc2)c(Cl)c1C(=O)Nc1cnc2c(c1)c(C)nn2C. The monoisotopic (exact) mass is 380 g/mol. The number of amides is 1. The molecule has 0 radical (unpaired) electrons. The summed E-state index contributed by atoms with van der Waals surface area (Å²) in [5.74, 6) is -0.331. The van der Waals surface area contributed by atoms with Gasteiger partial charge in [0.1, 0.15) is 10.7 Å². The van der Waals surface area contributed by atoms with Crippen LogP contribution < -0.4 is 5.32 Å². The maximum Gasteiger partial charge on any atom is 0.260 e. The van der Waals surface area contributed by atoms with E-state index >= 15 is 0 Å². The first kappa shape index (κ1) is 17.2. The second-order valence-corrected chi connectivity index (χ2v) is 6.61. The number of hydrogen-bond donors (Lipinski definition) is 1. The molecule has 0 aliphatic rings. The minimum atomic E-state index is -0.331. The summed E-state index contributed by atoms with van der Waals surface area (Å²) in [7, 11) is 1.84. The predicted molar refractivity (Wildman–Crippen MR) is 105 cm³/mol. The third-order valence-corrected chi connectivity index (χ3v) is 4.70. The molecule has 0 saturated carbocycles. The van der Waals surface area contributed by atoms with Crippen LogP contribution in [0.15, 0.2) is 42.6 Å². The highest BCUT2D eigenvalue weighted by molar-refractivity contribution is 6.34. The molecule has 1 N–H and O–H groups in total. The molecule has 1 amide bonds. The van der Waals surface area contributed by atoms with Gasteiger partial charge in [-0.1, -0.05) is 29.8 Å². The van der Waals surface area contributed by atoms with Crippen molar-refractivity contribution in [1.29, 1.82) is 0 Å². The van der Waals surface area contributed by atoms with Crippen molar-refractivity contribution >= 4 is 34.2 Å². The number of rotatable bonds is 3. The average molecular weight is 381 g/mol. The molecular weight excluding hydrogens is 364 g/mol. The summed E-state index contributed by atoms with van der Waals surface area (Å²) in [5, 5.41) is 12.8. The Morgan fingerprint density at radius 2 is 1.85 bits per heavy atom. The summed E-state index contributed by atoms with van der Waals surface area (Å²) < 4.78 is 3.26. The molecule has 1 aromatic carbocycles. The zero-order valence-electron chi connectivity index (χ0n) is 15.1. The van der Waals surface area contributed by atoms with Crippen LogP contribution in [0.1, 0.15) is 21.7 Å². The smallest absolute Gasteiger partial charge is 0.260 e. The molecule has 0 fully saturated rings. The van der Waals surface area contributed by atoms with Crippen LogP contribution in [0, 0.1) is 13.8 Å². The third kappa shape index (κ3) is 2.96. The molecule has 3 aromatic heterocycles. The van der Waals surface area contributed by atoms with Crippen molar-refractivity contribution in [3.05, 3.63) is 64.7 Å². The first-order valence-corrected chi connectivity index (χ1v) is 8.74. The number of nitrogens with one attached hydrogen (secondary N) is 1. The normalized spacial score (nSPS) is 11.1. The molecule has 136 valence electrons. The Hall–Kier alpha value is -3.19. The van der Waals surface area contributed by atoms with E-state index in [1.54, 1.807) is 22.5 Å². The zero-order chi connectivity index (χ0) is 19.1. The van der Waals surface area contributed by atoms with Crippen molar-refractivity contribution in [3.8, 4) is 5.69 Å². The number of benzene rings is 1. The zero-order valence-corrected chi connectivity index (χ0v) is 15.8. The summed E-state index contributed by atoms with van der Waals surface area (Å²) in [5.41, 5.74) is 3.86. The van der Waals surface area contributed by atoms with Gasteiger partial charge in [0.25, 0.3) is 5.91 Å². The highest BCUT2D eigenvalue weighted by atomic mass is 35.5. The van der Waals surface area contributed by atoms with Crippen molar-refractivity contribution in [2.45, 2.75) is 13.8 Å². The first-order chi connectivity index (χ1) is 13.0. The summed E-state index contributed by atoms with van der Waals surface area (Å²) in [6.45, 7) is 3.66. The molecule has 8 heteroatoms. The molecule has 27 heavy (non-hydrogen) atoms. The fourth-order valence-corrected chi connectivity index (χ4v) is 3.43. The Kier molecular flexibility index (Phi) is 4.16. The van der Waals surface area contributed by atoms with Crippen molar-refractivity contribution in [1.82, 2.24) is 24.5 Å². The van der Waals surface area contributed by atoms with Crippen LogP contribution in [0.5, 0.6) is 0 Å². The number of fused-ring (bicyclic) bond motifs is 1. The van der Waals surface area contributed by atoms with Crippen LogP contribution in [0.25, 0.3) is 16.7 Å². The van der Waals surface area contributed by atoms with Gasteiger partial charge in [-0.25, -0.2) is 9.67 Å². The standard InChI is InChI=1S/C19H17ClN6O/c1-11-15-9-13(10-21-18(15)25(3)23-11)22-19(27)16-12(2)24-26(17(16)20)14-7-5-4-6-8-14/h4-10H,1-3H3,(H,22,27). The molecule has 0 saturated heterocycles. The molecule has 3 heterocycles. The van der Waals surface area contributed by atoms with E-state index in [0.717, 1.165) is 22.4 Å². The third-order valence-electron chi connectivity index (χ3n) is 4.35. The van der Waals surface area contributed by atoms with E-state index in [2.05, 4.69) is 20.5 Å². The van der Waals surface area contributed by atoms with Crippen molar-refractivity contribution in [2.24, 2.45) is 7.05 Å². The topological polar surface area (TPSA) is 77.6 Å². The number of halogens is 1. The Morgan fingerprint density at radius 3 is 2.59 bits per heavy atom. The Labute approximate surface area is 160 Å². The van der Waals surface area contributed by atoms with Crippen LogP contribution in [-0.4, -0.2) is 30.5 Å². The van der Waals surface area contributed by atoms with E-state index in [4.69, 9.17) is 11.6 Å². The van der Waals surface area contributed by atoms with Gasteiger partial charge in [-0.3, -0.25) is 9.48 Å². The van der Waals surface area contributed by atoms with Crippen molar-refractivity contribution < 1.29 is 4.79 Å². The van der Waals surface area contributed by atoms with Crippen LogP contribution in [0.3, 0.4) is 0 Å². The highest BCUT2D eigenvalue weighted by Gasteiger charge is 2.21. The number of para-hydroxylation sites is 1. The van der Waals surface area contributed by atoms with Gasteiger partial charge in [0.15, 0.2) is 5.65 Å². The Morgan fingerprint density at radius 1 is 1.11 bits per heavy atom. The fourth-order valence-electron chi connectivity index (χ4n) is 3.07. The molecule has 0 atom stereocenters. The van der Waals surface area contributed by atoms with Crippen LogP contribution in [-0.2, 0) is 7.05 Å². The molecule has 0 unspecified atom stereocenters. The highest BCUT2D eigenvalue weighted by Crippen LogP contribution is 2.25. The van der Waals surface area contributed by atoms with Gasteiger partial charge in [0.05, 0.1) is 29.0 Å². The molecular formula is C19H17ClN6O. The average Bonchev–Trinajstić information content (AvgIpc) is 3.11. The number of hydrogen-bond acceptors (Lipinski definition) is 4. The summed E-state index contributed by atoms with van der Waals surface area (Å²) in [4.78, 5) is 17.2. The fraction of sp³-hybridized carbons (Fsp3) is 0.158. The van der Waals surface area contributed by atoms with E-state index in [-0.39, 0.29) is 11.1 Å². The van der Waals surface area contributed by atoms with Gasteiger partial charge < -0.3 is 5.32 Å². The van der Waals surface area contributed by atoms with Gasteiger partial charge in [-0.2, -0.15) is 10.2 Å². The Balaban J connectivity index is 1.68. The maximum absolute atomic E-state index is 12.8. The molecule has 0 spiro atoms. The van der Waals surface area contributed by atoms with E-state index in [0.29, 0.717) is 16.9 Å². The molecule has 0 aliphatic carbocycles. The van der Waals surface area contributed by atoms with E-state index in [1.807, 2.05) is 50.4 Å². The van der Waals surface area contributed by atoms with Crippen LogP contribution >= 0.6 is 11.6 Å². The van der Waals surface area contributed by atoms with Gasteiger partial charge in [-0.05, 0) is 32.0 Å². The maximum atomic E-state index is 12.8. The lowest BCUT2D eigenvalue weighted by Gasteiger charge is -2.06. The van der Waals surface area contributed by atoms with Crippen molar-refractivity contribution in [3.63, 3.8) is 0 Å². The summed E-state index contributed by atoms with van der Waals surface area (Å²) in [6, 6.07) is 11.3. The van der Waals surface area contributed by atoms with Crippen LogP contribution in [0.4, 0.5) is 5.69 Å². The number of aromatic nitrogens is 5. The molecule has 0 aliphatic heterocycles. The predicted octanol–water partition coefficient (Wildman–Crippen LogP) is 3.68. The largest absolute Gasteiger partial charge is 0.320 e. The van der Waals surface area contributed by atoms with Gasteiger partial charge in [0.2, 0.25) is 0 Å². The van der Waals surface area contributed by atoms with Crippen molar-refractivity contribution in [2.75, 3.05) is 5.32 Å². The van der Waals surface area contributed by atoms with E-state index in [9.17, 15) is 4.79 Å². The number of pyridine rings is 1. The minimum Gasteiger partial charge on any atom is -0.320 e. The molecule has 4 rings (SSSR count). The quantitative estimate of drug-likeness (QED) is 0.588. The second kappa shape index (κ2) is 6.51. The molecule has 7 nitrogen and oxygen atoms in total. The Bertz CT molecular complexity index is 1160. The minimum absolute atomic E-state index is 0.266. The van der Waals surface area contributed by atoms with Gasteiger partial charge in [0, 0.05) is 12.4 Å². The summed E-state index contributed by atoms with van der Waals surface area (Å²) in [6.07, 6.45) is 1.60. The van der Waals surface area contributed by atoms with Crippen LogP contribution in [0.2, 0.25) is 5.15 Å².